The van der Waals surface area contributed by atoms with E-state index in [1.165, 1.54) is 23.6 Å². The fourth-order valence-electron chi connectivity index (χ4n) is 0.842. The second kappa shape index (κ2) is 2.02. The van der Waals surface area contributed by atoms with E-state index in [2.05, 4.69) is 4.98 Å². The zero-order chi connectivity index (χ0) is 6.97. The molecule has 0 aliphatic heterocycles. The quantitative estimate of drug-likeness (QED) is 0.566. The Labute approximate surface area is 61.1 Å². The van der Waals surface area contributed by atoms with E-state index >= 15 is 0 Å². The van der Waals surface area contributed by atoms with E-state index in [0.29, 0.717) is 4.70 Å². The van der Waals surface area contributed by atoms with Crippen LogP contribution in [0.4, 0.5) is 4.39 Å². The molecule has 0 radical (unpaired) electrons. The molecular weight excluding hydrogens is 149 g/mol. The molecule has 0 saturated heterocycles. The average molecular weight is 153 g/mol. The topological polar surface area (TPSA) is 12.9 Å². The molecule has 0 bridgehead atoms. The molecule has 50 valence electrons. The first kappa shape index (κ1) is 5.80. The van der Waals surface area contributed by atoms with Crippen LogP contribution >= 0.6 is 11.3 Å². The Morgan fingerprint density at radius 3 is 3.10 bits per heavy atom. The molecule has 0 aromatic carbocycles. The summed E-state index contributed by atoms with van der Waals surface area (Å²) in [5.41, 5.74) is 0.741. The lowest BCUT2D eigenvalue weighted by Gasteiger charge is -1.87. The van der Waals surface area contributed by atoms with Crippen molar-refractivity contribution in [1.82, 2.24) is 4.98 Å². The van der Waals surface area contributed by atoms with E-state index in [4.69, 9.17) is 0 Å². The number of pyridine rings is 1. The first-order chi connectivity index (χ1) is 4.88. The maximum Gasteiger partial charge on any atom is 0.144 e. The molecule has 2 aromatic rings. The Balaban J connectivity index is 2.95. The average Bonchev–Trinajstić information content (AvgIpc) is 2.36. The van der Waals surface area contributed by atoms with E-state index in [0.717, 1.165) is 5.52 Å². The molecule has 0 spiro atoms. The van der Waals surface area contributed by atoms with E-state index in [-0.39, 0.29) is 5.82 Å². The smallest absolute Gasteiger partial charge is 0.144 e. The molecule has 0 atom stereocenters. The number of fused-ring (bicyclic) bond motifs is 1. The van der Waals surface area contributed by atoms with Crippen LogP contribution in [0.15, 0.2) is 23.7 Å². The molecule has 0 aliphatic rings. The molecule has 10 heavy (non-hydrogen) atoms. The molecule has 0 N–H and O–H groups in total. The molecule has 0 aliphatic carbocycles. The summed E-state index contributed by atoms with van der Waals surface area (Å²) < 4.78 is 13.4. The predicted molar refractivity (Wildman–Crippen MR) is 39.6 cm³/mol. The molecule has 2 rings (SSSR count). The Morgan fingerprint density at radius 1 is 1.40 bits per heavy atom. The van der Waals surface area contributed by atoms with Gasteiger partial charge in [0, 0.05) is 6.20 Å². The summed E-state index contributed by atoms with van der Waals surface area (Å²) in [5, 5.41) is 1.83. The van der Waals surface area contributed by atoms with Gasteiger partial charge in [0.05, 0.1) is 10.2 Å². The first-order valence-electron chi connectivity index (χ1n) is 2.85. The summed E-state index contributed by atoms with van der Waals surface area (Å²) in [5.74, 6) is -0.181. The highest BCUT2D eigenvalue weighted by atomic mass is 32.1. The van der Waals surface area contributed by atoms with Crippen LogP contribution in [0.5, 0.6) is 0 Å². The van der Waals surface area contributed by atoms with Gasteiger partial charge in [-0.05, 0) is 17.5 Å². The third-order valence-corrected chi connectivity index (χ3v) is 2.21. The summed E-state index contributed by atoms with van der Waals surface area (Å²) in [6.07, 6.45) is 1.48. The summed E-state index contributed by atoms with van der Waals surface area (Å²) in [6, 6.07) is 3.18. The van der Waals surface area contributed by atoms with Crippen LogP contribution in [0.2, 0.25) is 0 Å². The van der Waals surface area contributed by atoms with E-state index < -0.39 is 0 Å². The maximum absolute atomic E-state index is 12.8. The van der Waals surface area contributed by atoms with Gasteiger partial charge in [0.2, 0.25) is 0 Å². The standard InChI is InChI=1S/C7H4FNS/c8-5-1-3-9-6-2-4-10-7(5)6/h1-4H. The highest BCUT2D eigenvalue weighted by Crippen LogP contribution is 2.20. The van der Waals surface area contributed by atoms with Gasteiger partial charge in [0.1, 0.15) is 5.82 Å². The second-order valence-corrected chi connectivity index (χ2v) is 2.84. The Morgan fingerprint density at radius 2 is 2.30 bits per heavy atom. The van der Waals surface area contributed by atoms with E-state index in [1.54, 1.807) is 0 Å². The number of thiophene rings is 1. The second-order valence-electron chi connectivity index (χ2n) is 1.93. The molecule has 0 amide bonds. The fraction of sp³-hybridized carbons (Fsp3) is 0. The number of nitrogens with zero attached hydrogens (tertiary/aromatic N) is 1. The maximum atomic E-state index is 12.8. The highest BCUT2D eigenvalue weighted by Gasteiger charge is 1.99. The zero-order valence-corrected chi connectivity index (χ0v) is 5.86. The Bertz CT molecular complexity index is 355. The van der Waals surface area contributed by atoms with Crippen molar-refractivity contribution >= 4 is 21.6 Å². The summed E-state index contributed by atoms with van der Waals surface area (Å²) in [7, 11) is 0. The number of rotatable bonds is 0. The molecule has 1 nitrogen and oxygen atoms in total. The van der Waals surface area contributed by atoms with Crippen molar-refractivity contribution in [3.05, 3.63) is 29.5 Å². The lowest BCUT2D eigenvalue weighted by Crippen LogP contribution is -1.74. The number of hydrogen-bond acceptors (Lipinski definition) is 2. The summed E-state index contributed by atoms with van der Waals surface area (Å²) in [4.78, 5) is 3.97. The Kier molecular flexibility index (Phi) is 1.17. The molecule has 2 aromatic heterocycles. The minimum atomic E-state index is -0.181. The van der Waals surface area contributed by atoms with Crippen LogP contribution in [0.25, 0.3) is 10.2 Å². The molecule has 0 saturated carbocycles. The molecular formula is C7H4FNS. The van der Waals surface area contributed by atoms with Gasteiger partial charge in [-0.1, -0.05) is 0 Å². The minimum Gasteiger partial charge on any atom is -0.255 e. The SMILES string of the molecule is Fc1ccnc2ccsc12. The molecule has 3 heteroatoms. The monoisotopic (exact) mass is 153 g/mol. The van der Waals surface area contributed by atoms with Gasteiger partial charge in [-0.3, -0.25) is 4.98 Å². The Hall–Kier alpha value is -0.960. The van der Waals surface area contributed by atoms with Crippen molar-refractivity contribution in [2.75, 3.05) is 0 Å². The lowest BCUT2D eigenvalue weighted by atomic mass is 10.4. The number of hydrogen-bond donors (Lipinski definition) is 0. The van der Waals surface area contributed by atoms with Gasteiger partial charge in [0.25, 0.3) is 0 Å². The van der Waals surface area contributed by atoms with Crippen molar-refractivity contribution in [2.24, 2.45) is 0 Å². The van der Waals surface area contributed by atoms with E-state index in [1.807, 2.05) is 11.4 Å². The predicted octanol–water partition coefficient (Wildman–Crippen LogP) is 2.44. The van der Waals surface area contributed by atoms with Gasteiger partial charge >= 0.3 is 0 Å². The van der Waals surface area contributed by atoms with Crippen LogP contribution in [0.1, 0.15) is 0 Å². The van der Waals surface area contributed by atoms with Crippen molar-refractivity contribution in [1.29, 1.82) is 0 Å². The highest BCUT2D eigenvalue weighted by molar-refractivity contribution is 7.17. The van der Waals surface area contributed by atoms with Crippen molar-refractivity contribution in [3.63, 3.8) is 0 Å². The van der Waals surface area contributed by atoms with Crippen LogP contribution in [0.3, 0.4) is 0 Å². The first-order valence-corrected chi connectivity index (χ1v) is 3.73. The van der Waals surface area contributed by atoms with Crippen molar-refractivity contribution in [2.45, 2.75) is 0 Å². The molecule has 0 unspecified atom stereocenters. The largest absolute Gasteiger partial charge is 0.255 e. The van der Waals surface area contributed by atoms with Crippen molar-refractivity contribution < 1.29 is 4.39 Å². The van der Waals surface area contributed by atoms with Gasteiger partial charge in [-0.2, -0.15) is 0 Å². The van der Waals surface area contributed by atoms with E-state index in [9.17, 15) is 4.39 Å². The third-order valence-electron chi connectivity index (χ3n) is 1.30. The van der Waals surface area contributed by atoms with Crippen LogP contribution < -0.4 is 0 Å². The number of aromatic nitrogens is 1. The summed E-state index contributed by atoms with van der Waals surface area (Å²) in [6.45, 7) is 0. The van der Waals surface area contributed by atoms with Crippen molar-refractivity contribution in [3.8, 4) is 0 Å². The third kappa shape index (κ3) is 0.708. The lowest BCUT2D eigenvalue weighted by molar-refractivity contribution is 0.640. The number of halogens is 1. The van der Waals surface area contributed by atoms with Crippen LogP contribution in [-0.4, -0.2) is 4.98 Å². The summed E-state index contributed by atoms with van der Waals surface area (Å²) >= 11 is 1.38. The van der Waals surface area contributed by atoms with Crippen LogP contribution in [0, 0.1) is 5.82 Å². The van der Waals surface area contributed by atoms with Gasteiger partial charge in [-0.15, -0.1) is 11.3 Å². The van der Waals surface area contributed by atoms with Gasteiger partial charge < -0.3 is 0 Å². The van der Waals surface area contributed by atoms with Crippen LogP contribution in [-0.2, 0) is 0 Å². The van der Waals surface area contributed by atoms with Gasteiger partial charge in [-0.25, -0.2) is 4.39 Å². The fourth-order valence-corrected chi connectivity index (χ4v) is 1.60. The zero-order valence-electron chi connectivity index (χ0n) is 5.04. The van der Waals surface area contributed by atoms with Gasteiger partial charge in [0.15, 0.2) is 0 Å². The molecule has 0 fully saturated rings. The molecule has 2 heterocycles. The normalized spacial score (nSPS) is 10.5. The minimum absolute atomic E-state index is 0.181.